The molecule has 23 heavy (non-hydrogen) atoms. The van der Waals surface area contributed by atoms with Gasteiger partial charge in [-0.1, -0.05) is 0 Å². The fourth-order valence-electron chi connectivity index (χ4n) is 1.83. The predicted molar refractivity (Wildman–Crippen MR) is 75.3 cm³/mol. The Kier molecular flexibility index (Phi) is 4.46. The number of imidazole rings is 1. The van der Waals surface area contributed by atoms with Gasteiger partial charge in [-0.15, -0.1) is 0 Å². The summed E-state index contributed by atoms with van der Waals surface area (Å²) in [5, 5.41) is 1.97. The molecule has 1 aromatic carbocycles. The number of nitrogens with one attached hydrogen (secondary N) is 1. The van der Waals surface area contributed by atoms with Gasteiger partial charge >= 0.3 is 6.18 Å². The van der Waals surface area contributed by atoms with Gasteiger partial charge < -0.3 is 9.88 Å². The molecule has 1 aromatic heterocycles. The summed E-state index contributed by atoms with van der Waals surface area (Å²) in [4.78, 5) is 15.4. The Morgan fingerprint density at radius 2 is 1.87 bits per heavy atom. The monoisotopic (exact) mass is 347 g/mol. The Balaban J connectivity index is 2.07. The number of rotatable bonds is 4. The Bertz CT molecular complexity index is 811. The number of aromatic nitrogens is 2. The van der Waals surface area contributed by atoms with Gasteiger partial charge in [-0.05, 0) is 24.3 Å². The second kappa shape index (κ2) is 6.03. The molecule has 0 radical (unpaired) electrons. The molecule has 2 rings (SSSR count). The van der Waals surface area contributed by atoms with Crippen LogP contribution in [0.1, 0.15) is 5.56 Å². The molecular formula is C13H12F3N3O3S. The van der Waals surface area contributed by atoms with E-state index in [2.05, 4.69) is 10.3 Å². The smallest absolute Gasteiger partial charge is 0.325 e. The molecular weight excluding hydrogens is 335 g/mol. The van der Waals surface area contributed by atoms with E-state index in [9.17, 15) is 26.4 Å². The van der Waals surface area contributed by atoms with Crippen LogP contribution in [0.3, 0.4) is 0 Å². The van der Waals surface area contributed by atoms with E-state index in [0.717, 1.165) is 24.3 Å². The highest BCUT2D eigenvalue weighted by molar-refractivity contribution is 7.92. The average Bonchev–Trinajstić information content (AvgIpc) is 2.84. The van der Waals surface area contributed by atoms with Gasteiger partial charge in [-0.25, -0.2) is 13.4 Å². The van der Waals surface area contributed by atoms with Gasteiger partial charge in [0.15, 0.2) is 0 Å². The zero-order valence-electron chi connectivity index (χ0n) is 11.8. The van der Waals surface area contributed by atoms with E-state index in [1.54, 1.807) is 0 Å². The van der Waals surface area contributed by atoms with E-state index < -0.39 is 33.2 Å². The van der Waals surface area contributed by atoms with Gasteiger partial charge in [-0.2, -0.15) is 13.2 Å². The van der Waals surface area contributed by atoms with Gasteiger partial charge in [0.25, 0.3) is 0 Å². The average molecular weight is 347 g/mol. The number of aryl methyl sites for hydroxylation is 1. The Morgan fingerprint density at radius 1 is 1.26 bits per heavy atom. The van der Waals surface area contributed by atoms with Crippen LogP contribution in [0.4, 0.5) is 18.9 Å². The molecule has 1 amide bonds. The van der Waals surface area contributed by atoms with Crippen LogP contribution in [-0.4, -0.2) is 29.6 Å². The van der Waals surface area contributed by atoms with Gasteiger partial charge in [0.2, 0.25) is 20.9 Å². The first-order valence-electron chi connectivity index (χ1n) is 6.27. The highest BCUT2D eigenvalue weighted by atomic mass is 32.2. The van der Waals surface area contributed by atoms with Crippen molar-refractivity contribution >= 4 is 21.4 Å². The number of hydrogen-bond acceptors (Lipinski definition) is 4. The number of carbonyl (C=O) groups excluding carboxylic acids is 1. The van der Waals surface area contributed by atoms with Crippen molar-refractivity contribution in [1.82, 2.24) is 9.55 Å². The van der Waals surface area contributed by atoms with E-state index in [4.69, 9.17) is 0 Å². The maximum atomic E-state index is 12.4. The molecule has 0 saturated heterocycles. The van der Waals surface area contributed by atoms with Gasteiger partial charge in [0, 0.05) is 25.1 Å². The first kappa shape index (κ1) is 17.0. The number of carbonyl (C=O) groups is 1. The lowest BCUT2D eigenvalue weighted by molar-refractivity contribution is -0.137. The fourth-order valence-corrected chi connectivity index (χ4v) is 3.10. The van der Waals surface area contributed by atoms with E-state index in [1.165, 1.54) is 24.0 Å². The van der Waals surface area contributed by atoms with Crippen LogP contribution in [0.15, 0.2) is 41.8 Å². The second-order valence-electron chi connectivity index (χ2n) is 4.70. The molecule has 0 aliphatic rings. The third kappa shape index (κ3) is 4.09. The van der Waals surface area contributed by atoms with E-state index >= 15 is 0 Å². The van der Waals surface area contributed by atoms with Crippen molar-refractivity contribution in [3.05, 3.63) is 42.2 Å². The quantitative estimate of drug-likeness (QED) is 0.915. The summed E-state index contributed by atoms with van der Waals surface area (Å²) in [6.45, 7) is 0. The summed E-state index contributed by atoms with van der Waals surface area (Å²) in [6, 6.07) is 3.69. The van der Waals surface area contributed by atoms with Crippen LogP contribution in [0.5, 0.6) is 0 Å². The molecule has 10 heteroatoms. The van der Waals surface area contributed by atoms with E-state index in [1.807, 2.05) is 0 Å². The normalized spacial score (nSPS) is 12.2. The topological polar surface area (TPSA) is 81.1 Å². The molecule has 0 aliphatic heterocycles. The summed E-state index contributed by atoms with van der Waals surface area (Å²) < 4.78 is 62.5. The van der Waals surface area contributed by atoms with Gasteiger partial charge in [0.1, 0.15) is 5.75 Å². The molecule has 0 spiro atoms. The van der Waals surface area contributed by atoms with Crippen molar-refractivity contribution in [1.29, 1.82) is 0 Å². The predicted octanol–water partition coefficient (Wildman–Crippen LogP) is 1.85. The van der Waals surface area contributed by atoms with E-state index in [0.29, 0.717) is 0 Å². The van der Waals surface area contributed by atoms with Crippen LogP contribution >= 0.6 is 0 Å². The number of hydrogen-bond donors (Lipinski definition) is 1. The molecule has 1 N–H and O–H groups in total. The fraction of sp³-hybridized carbons (Fsp3) is 0.231. The van der Waals surface area contributed by atoms with E-state index in [-0.39, 0.29) is 10.8 Å². The maximum Gasteiger partial charge on any atom is 0.416 e. The number of alkyl halides is 3. The highest BCUT2D eigenvalue weighted by Crippen LogP contribution is 2.29. The van der Waals surface area contributed by atoms with Gasteiger partial charge in [0.05, 0.1) is 5.56 Å². The first-order chi connectivity index (χ1) is 10.6. The zero-order valence-corrected chi connectivity index (χ0v) is 12.6. The molecule has 6 nitrogen and oxygen atoms in total. The number of benzene rings is 1. The Labute approximate surface area is 129 Å². The minimum absolute atomic E-state index is 0.0676. The lowest BCUT2D eigenvalue weighted by Crippen LogP contribution is -2.24. The van der Waals surface area contributed by atoms with Crippen LogP contribution in [0.25, 0.3) is 0 Å². The summed E-state index contributed by atoms with van der Waals surface area (Å²) in [6.07, 6.45) is -1.79. The number of halogens is 3. The second-order valence-corrected chi connectivity index (χ2v) is 6.59. The number of anilines is 1. The number of sulfone groups is 1. The first-order valence-corrected chi connectivity index (χ1v) is 7.92. The Morgan fingerprint density at radius 3 is 2.35 bits per heavy atom. The van der Waals surface area contributed by atoms with Crippen LogP contribution in [0.2, 0.25) is 0 Å². The minimum atomic E-state index is -4.48. The molecule has 0 aliphatic carbocycles. The summed E-state index contributed by atoms with van der Waals surface area (Å²) in [5.74, 6) is -1.73. The molecule has 2 aromatic rings. The summed E-state index contributed by atoms with van der Waals surface area (Å²) in [7, 11) is -2.47. The van der Waals surface area contributed by atoms with Crippen molar-refractivity contribution in [3.8, 4) is 0 Å². The molecule has 124 valence electrons. The SMILES string of the molecule is Cn1ccnc1S(=O)(=O)CC(=O)Nc1ccc(C(F)(F)F)cc1. The van der Waals surface area contributed by atoms with Crippen LogP contribution in [0, 0.1) is 0 Å². The van der Waals surface area contributed by atoms with Crippen molar-refractivity contribution in [3.63, 3.8) is 0 Å². The summed E-state index contributed by atoms with van der Waals surface area (Å²) in [5.41, 5.74) is -0.797. The van der Waals surface area contributed by atoms with Crippen molar-refractivity contribution < 1.29 is 26.4 Å². The molecule has 0 atom stereocenters. The zero-order chi connectivity index (χ0) is 17.3. The highest BCUT2D eigenvalue weighted by Gasteiger charge is 2.30. The van der Waals surface area contributed by atoms with Gasteiger partial charge in [-0.3, -0.25) is 4.79 Å². The lowest BCUT2D eigenvalue weighted by atomic mass is 10.2. The largest absolute Gasteiger partial charge is 0.416 e. The minimum Gasteiger partial charge on any atom is -0.325 e. The summed E-state index contributed by atoms with van der Waals surface area (Å²) >= 11 is 0. The number of nitrogens with zero attached hydrogens (tertiary/aromatic N) is 2. The lowest BCUT2D eigenvalue weighted by Gasteiger charge is -2.09. The van der Waals surface area contributed by atoms with Crippen molar-refractivity contribution in [2.24, 2.45) is 7.05 Å². The van der Waals surface area contributed by atoms with Crippen molar-refractivity contribution in [2.75, 3.05) is 11.1 Å². The standard InChI is InChI=1S/C13H12F3N3O3S/c1-19-7-6-17-12(19)23(21,22)8-11(20)18-10-4-2-9(3-5-10)13(14,15)16/h2-7H,8H2,1H3,(H,18,20). The van der Waals surface area contributed by atoms with Crippen LogP contribution < -0.4 is 5.32 Å². The molecule has 0 bridgehead atoms. The van der Waals surface area contributed by atoms with Crippen LogP contribution in [-0.2, 0) is 27.9 Å². The third-order valence-corrected chi connectivity index (χ3v) is 4.46. The third-order valence-electron chi connectivity index (χ3n) is 2.87. The number of amides is 1. The molecule has 0 fully saturated rings. The molecule has 1 heterocycles. The molecule has 0 saturated carbocycles. The Hall–Kier alpha value is -2.36. The maximum absolute atomic E-state index is 12.4. The molecule has 0 unspecified atom stereocenters. The van der Waals surface area contributed by atoms with Crippen molar-refractivity contribution in [2.45, 2.75) is 11.3 Å².